The lowest BCUT2D eigenvalue weighted by Gasteiger charge is -2.16. The van der Waals surface area contributed by atoms with Crippen LogP contribution in [0.1, 0.15) is 25.5 Å². The van der Waals surface area contributed by atoms with Crippen molar-refractivity contribution < 1.29 is 22.7 Å². The van der Waals surface area contributed by atoms with Crippen LogP contribution in [0.25, 0.3) is 0 Å². The average Bonchev–Trinajstić information content (AvgIpc) is 2.43. The Balaban J connectivity index is 2.96. The summed E-state index contributed by atoms with van der Waals surface area (Å²) in [4.78, 5) is 11.5. The first-order valence-corrected chi connectivity index (χ1v) is 7.92. The maximum absolute atomic E-state index is 11.6. The molecular formula is C13H20N2O5S. The van der Waals surface area contributed by atoms with Gasteiger partial charge in [-0.05, 0) is 31.5 Å². The summed E-state index contributed by atoms with van der Waals surface area (Å²) in [7, 11) is -2.55. The SMILES string of the molecule is CCOCC(=O)NC(C)c1ccc(OC)c(S(N)(=O)=O)c1. The van der Waals surface area contributed by atoms with Crippen LogP contribution in [0, 0.1) is 0 Å². The fraction of sp³-hybridized carbons (Fsp3) is 0.462. The highest BCUT2D eigenvalue weighted by atomic mass is 32.2. The number of hydrogen-bond donors (Lipinski definition) is 2. The molecule has 0 fully saturated rings. The van der Waals surface area contributed by atoms with Gasteiger partial charge >= 0.3 is 0 Å². The number of sulfonamides is 1. The Bertz CT molecular complexity index is 601. The Labute approximate surface area is 124 Å². The standard InChI is InChI=1S/C13H20N2O5S/c1-4-20-8-13(16)15-9(2)10-5-6-11(19-3)12(7-10)21(14,17)18/h5-7,9H,4,8H2,1-3H3,(H,15,16)(H2,14,17,18). The number of rotatable bonds is 7. The van der Waals surface area contributed by atoms with E-state index >= 15 is 0 Å². The summed E-state index contributed by atoms with van der Waals surface area (Å²) in [6, 6.07) is 4.17. The van der Waals surface area contributed by atoms with Gasteiger partial charge in [0, 0.05) is 6.61 Å². The van der Waals surface area contributed by atoms with Crippen LogP contribution in [0.2, 0.25) is 0 Å². The molecule has 0 saturated carbocycles. The molecule has 3 N–H and O–H groups in total. The van der Waals surface area contributed by atoms with Gasteiger partial charge in [-0.1, -0.05) is 6.07 Å². The molecule has 0 heterocycles. The molecule has 1 aromatic carbocycles. The summed E-state index contributed by atoms with van der Waals surface area (Å²) < 4.78 is 33.1. The Morgan fingerprint density at radius 2 is 2.10 bits per heavy atom. The van der Waals surface area contributed by atoms with Crippen LogP contribution in [-0.2, 0) is 19.6 Å². The van der Waals surface area contributed by atoms with Gasteiger partial charge in [0.15, 0.2) is 0 Å². The van der Waals surface area contributed by atoms with Crippen LogP contribution in [0.5, 0.6) is 5.75 Å². The van der Waals surface area contributed by atoms with Crippen molar-refractivity contribution in [1.82, 2.24) is 5.32 Å². The van der Waals surface area contributed by atoms with E-state index in [1.165, 1.54) is 19.2 Å². The largest absolute Gasteiger partial charge is 0.495 e. The number of nitrogens with two attached hydrogens (primary N) is 1. The minimum Gasteiger partial charge on any atom is -0.495 e. The van der Waals surface area contributed by atoms with Gasteiger partial charge in [-0.25, -0.2) is 13.6 Å². The molecule has 1 aromatic rings. The molecule has 1 atom stereocenters. The molecule has 8 heteroatoms. The first kappa shape index (κ1) is 17.4. The van der Waals surface area contributed by atoms with E-state index in [0.717, 1.165) is 0 Å². The number of methoxy groups -OCH3 is 1. The van der Waals surface area contributed by atoms with Crippen molar-refractivity contribution in [1.29, 1.82) is 0 Å². The third-order valence-corrected chi connectivity index (χ3v) is 3.74. The molecule has 0 aliphatic carbocycles. The number of amides is 1. The Kier molecular flexibility index (Phi) is 6.13. The molecule has 0 aromatic heterocycles. The molecule has 0 aliphatic heterocycles. The highest BCUT2D eigenvalue weighted by Gasteiger charge is 2.18. The lowest BCUT2D eigenvalue weighted by Crippen LogP contribution is -2.30. The van der Waals surface area contributed by atoms with Gasteiger partial charge in [-0.2, -0.15) is 0 Å². The Morgan fingerprint density at radius 3 is 2.62 bits per heavy atom. The van der Waals surface area contributed by atoms with Crippen molar-refractivity contribution in [3.8, 4) is 5.75 Å². The Morgan fingerprint density at radius 1 is 1.43 bits per heavy atom. The van der Waals surface area contributed by atoms with Crippen molar-refractivity contribution in [2.24, 2.45) is 5.14 Å². The van der Waals surface area contributed by atoms with Gasteiger partial charge in [0.2, 0.25) is 15.9 Å². The summed E-state index contributed by atoms with van der Waals surface area (Å²) in [5.74, 6) is -0.119. The molecule has 0 saturated heterocycles. The smallest absolute Gasteiger partial charge is 0.246 e. The number of ether oxygens (including phenoxy) is 2. The summed E-state index contributed by atoms with van der Waals surface area (Å²) in [5.41, 5.74) is 0.602. The molecule has 21 heavy (non-hydrogen) atoms. The fourth-order valence-corrected chi connectivity index (χ4v) is 2.48. The van der Waals surface area contributed by atoms with E-state index in [1.54, 1.807) is 19.9 Å². The van der Waals surface area contributed by atoms with Crippen LogP contribution in [-0.4, -0.2) is 34.6 Å². The predicted molar refractivity (Wildman–Crippen MR) is 77.4 cm³/mol. The predicted octanol–water partition coefficient (Wildman–Crippen LogP) is 0.556. The topological polar surface area (TPSA) is 108 Å². The van der Waals surface area contributed by atoms with E-state index in [4.69, 9.17) is 14.6 Å². The lowest BCUT2D eigenvalue weighted by molar-refractivity contribution is -0.126. The van der Waals surface area contributed by atoms with Crippen LogP contribution >= 0.6 is 0 Å². The molecule has 118 valence electrons. The maximum atomic E-state index is 11.6. The van der Waals surface area contributed by atoms with Gasteiger partial charge in [0.1, 0.15) is 17.3 Å². The minimum absolute atomic E-state index is 0.0426. The third-order valence-electron chi connectivity index (χ3n) is 2.81. The van der Waals surface area contributed by atoms with Crippen LogP contribution < -0.4 is 15.2 Å². The summed E-state index contributed by atoms with van der Waals surface area (Å²) in [5, 5.41) is 7.86. The lowest BCUT2D eigenvalue weighted by atomic mass is 10.1. The molecule has 7 nitrogen and oxygen atoms in total. The van der Waals surface area contributed by atoms with E-state index in [-0.39, 0.29) is 29.2 Å². The summed E-state index contributed by atoms with van der Waals surface area (Å²) in [6.45, 7) is 3.93. The normalized spacial score (nSPS) is 12.8. The molecule has 0 bridgehead atoms. The zero-order valence-electron chi connectivity index (χ0n) is 12.3. The van der Waals surface area contributed by atoms with Crippen molar-refractivity contribution in [3.63, 3.8) is 0 Å². The highest BCUT2D eigenvalue weighted by molar-refractivity contribution is 7.89. The first-order valence-electron chi connectivity index (χ1n) is 6.37. The first-order chi connectivity index (χ1) is 9.79. The highest BCUT2D eigenvalue weighted by Crippen LogP contribution is 2.26. The number of nitrogens with one attached hydrogen (secondary N) is 1. The fourth-order valence-electron chi connectivity index (χ4n) is 1.75. The second-order valence-electron chi connectivity index (χ2n) is 4.38. The number of primary sulfonamides is 1. The van der Waals surface area contributed by atoms with Crippen molar-refractivity contribution in [2.75, 3.05) is 20.3 Å². The van der Waals surface area contributed by atoms with E-state index in [0.29, 0.717) is 12.2 Å². The van der Waals surface area contributed by atoms with E-state index in [9.17, 15) is 13.2 Å². The zero-order chi connectivity index (χ0) is 16.0. The summed E-state index contributed by atoms with van der Waals surface area (Å²) >= 11 is 0. The van der Waals surface area contributed by atoms with Gasteiger partial charge < -0.3 is 14.8 Å². The number of carbonyl (C=O) groups excluding carboxylic acids is 1. The van der Waals surface area contributed by atoms with Crippen molar-refractivity contribution in [2.45, 2.75) is 24.8 Å². The molecule has 0 spiro atoms. The number of carbonyl (C=O) groups is 1. The van der Waals surface area contributed by atoms with Gasteiger partial charge in [-0.3, -0.25) is 4.79 Å². The number of hydrogen-bond acceptors (Lipinski definition) is 5. The second kappa shape index (κ2) is 7.39. The number of benzene rings is 1. The second-order valence-corrected chi connectivity index (χ2v) is 5.91. The molecule has 1 amide bonds. The van der Waals surface area contributed by atoms with Gasteiger partial charge in [0.25, 0.3) is 0 Å². The van der Waals surface area contributed by atoms with Crippen LogP contribution in [0.4, 0.5) is 0 Å². The third kappa shape index (κ3) is 5.00. The van der Waals surface area contributed by atoms with E-state index in [1.807, 2.05) is 0 Å². The van der Waals surface area contributed by atoms with Gasteiger partial charge in [0.05, 0.1) is 13.2 Å². The van der Waals surface area contributed by atoms with Crippen LogP contribution in [0.15, 0.2) is 23.1 Å². The molecule has 1 rings (SSSR count). The quantitative estimate of drug-likeness (QED) is 0.764. The summed E-state index contributed by atoms with van der Waals surface area (Å²) in [6.07, 6.45) is 0. The van der Waals surface area contributed by atoms with E-state index in [2.05, 4.69) is 5.32 Å². The van der Waals surface area contributed by atoms with E-state index < -0.39 is 10.0 Å². The Hall–Kier alpha value is -1.64. The monoisotopic (exact) mass is 316 g/mol. The van der Waals surface area contributed by atoms with Crippen LogP contribution in [0.3, 0.4) is 0 Å². The molecule has 1 unspecified atom stereocenters. The van der Waals surface area contributed by atoms with Gasteiger partial charge in [-0.15, -0.1) is 0 Å². The zero-order valence-corrected chi connectivity index (χ0v) is 13.1. The molecule has 0 aliphatic rings. The molecule has 0 radical (unpaired) electrons. The van der Waals surface area contributed by atoms with Crippen molar-refractivity contribution >= 4 is 15.9 Å². The minimum atomic E-state index is -3.91. The maximum Gasteiger partial charge on any atom is 0.246 e. The molecular weight excluding hydrogens is 296 g/mol. The average molecular weight is 316 g/mol. The van der Waals surface area contributed by atoms with Crippen molar-refractivity contribution in [3.05, 3.63) is 23.8 Å².